The number of hydrogen-bond donors (Lipinski definition) is 3. The fraction of sp³-hybridized carbons (Fsp3) is 0.659. The van der Waals surface area contributed by atoms with Crippen molar-refractivity contribution in [1.82, 2.24) is 4.90 Å². The fourth-order valence-corrected chi connectivity index (χ4v) is 8.46. The summed E-state index contributed by atoms with van der Waals surface area (Å²) in [6, 6.07) is 17.6. The summed E-state index contributed by atoms with van der Waals surface area (Å²) in [6.07, 6.45) is -7.42. The standard InChI is InChI=1S/C44H65NO13/c1-11-35(46)44(9,51)39-30(6)37-26(2)23-43(8,56-37)38(28(4)36(47)29(5)40(48)55-39)58-57-27(3)22-34(45(10)41(49)52-24-32-18-14-12-15-19-32)31(7)54-42(50)53-25-33-20-16-13-17-21-33/h12-21,26-31,34-39,46-47,51H,11,22-25H2,1-10H3/t26?,27?,28-,29+,30-,31?,34?,35+,36-,37?,38+,39+,43+,44+/m0/s1. The topological polar surface area (TPSA) is 180 Å². The Balaban J connectivity index is 1.54. The Kier molecular flexibility index (Phi) is 16.5. The number of carbonyl (C=O) groups is 3. The lowest BCUT2D eigenvalue weighted by molar-refractivity contribution is -0.386. The molecular formula is C44H65NO13. The molecule has 0 spiro atoms. The number of esters is 1. The second kappa shape index (κ2) is 20.5. The number of aliphatic hydroxyl groups is 3. The lowest BCUT2D eigenvalue weighted by Gasteiger charge is -2.42. The molecule has 2 bridgehead atoms. The molecule has 2 aliphatic heterocycles. The van der Waals surface area contributed by atoms with E-state index >= 15 is 0 Å². The monoisotopic (exact) mass is 815 g/mol. The van der Waals surface area contributed by atoms with E-state index < -0.39 is 95.9 Å². The summed E-state index contributed by atoms with van der Waals surface area (Å²) in [5.74, 6) is -3.17. The molecule has 0 aliphatic carbocycles. The summed E-state index contributed by atoms with van der Waals surface area (Å²) in [5.41, 5.74) is -1.26. The van der Waals surface area contributed by atoms with E-state index in [0.29, 0.717) is 6.42 Å². The molecule has 2 aliphatic rings. The molecule has 14 heteroatoms. The molecule has 3 N–H and O–H groups in total. The first-order chi connectivity index (χ1) is 27.3. The van der Waals surface area contributed by atoms with Gasteiger partial charge in [0.25, 0.3) is 0 Å². The van der Waals surface area contributed by atoms with Crippen molar-refractivity contribution < 1.29 is 63.2 Å². The molecular weight excluding hydrogens is 750 g/mol. The van der Waals surface area contributed by atoms with E-state index in [2.05, 4.69) is 0 Å². The molecule has 2 heterocycles. The Labute approximate surface area is 343 Å². The number of fused-ring (bicyclic) bond motifs is 2. The van der Waals surface area contributed by atoms with Crippen LogP contribution in [0.5, 0.6) is 0 Å². The van der Waals surface area contributed by atoms with E-state index in [1.54, 1.807) is 41.7 Å². The van der Waals surface area contributed by atoms with Crippen LogP contribution in [-0.4, -0.2) is 105 Å². The predicted molar refractivity (Wildman–Crippen MR) is 213 cm³/mol. The summed E-state index contributed by atoms with van der Waals surface area (Å²) in [5, 5.41) is 34.0. The Hall–Kier alpha value is -3.79. The van der Waals surface area contributed by atoms with Gasteiger partial charge in [-0.1, -0.05) is 88.4 Å². The number of ether oxygens (including phenoxy) is 5. The van der Waals surface area contributed by atoms with Crippen LogP contribution in [0.1, 0.15) is 92.7 Å². The lowest BCUT2D eigenvalue weighted by atomic mass is 9.76. The lowest BCUT2D eigenvalue weighted by Crippen LogP contribution is -2.57. The first kappa shape index (κ1) is 46.9. The normalized spacial score (nSPS) is 30.7. The Morgan fingerprint density at radius 3 is 2.10 bits per heavy atom. The second-order valence-corrected chi connectivity index (χ2v) is 16.8. The molecule has 2 aromatic rings. The number of nitrogens with zero attached hydrogens (tertiary/aromatic N) is 1. The molecule has 14 nitrogen and oxygen atoms in total. The van der Waals surface area contributed by atoms with Gasteiger partial charge >= 0.3 is 18.2 Å². The van der Waals surface area contributed by atoms with Gasteiger partial charge in [-0.3, -0.25) is 4.79 Å². The third-order valence-electron chi connectivity index (χ3n) is 12.0. The van der Waals surface area contributed by atoms with E-state index in [1.165, 1.54) is 11.8 Å². The zero-order valence-corrected chi connectivity index (χ0v) is 35.6. The molecule has 0 aromatic heterocycles. The molecule has 324 valence electrons. The van der Waals surface area contributed by atoms with Crippen LogP contribution in [0.2, 0.25) is 0 Å². The minimum absolute atomic E-state index is 0.000884. The van der Waals surface area contributed by atoms with Crippen molar-refractivity contribution in [3.63, 3.8) is 0 Å². The molecule has 5 unspecified atom stereocenters. The van der Waals surface area contributed by atoms with Crippen molar-refractivity contribution in [2.75, 3.05) is 7.05 Å². The summed E-state index contributed by atoms with van der Waals surface area (Å²) < 4.78 is 29.4. The number of rotatable bonds is 15. The minimum Gasteiger partial charge on any atom is -0.459 e. The number of hydrogen-bond acceptors (Lipinski definition) is 13. The number of cyclic esters (lactones) is 1. The zero-order valence-electron chi connectivity index (χ0n) is 35.6. The van der Waals surface area contributed by atoms with Gasteiger partial charge in [0, 0.05) is 25.3 Å². The van der Waals surface area contributed by atoms with E-state index in [1.807, 2.05) is 81.4 Å². The highest BCUT2D eigenvalue weighted by atomic mass is 17.2. The van der Waals surface area contributed by atoms with Crippen LogP contribution in [0, 0.1) is 23.7 Å². The van der Waals surface area contributed by atoms with Gasteiger partial charge < -0.3 is 43.9 Å². The smallest absolute Gasteiger partial charge is 0.459 e. The third kappa shape index (κ3) is 11.5. The van der Waals surface area contributed by atoms with Crippen molar-refractivity contribution >= 4 is 18.2 Å². The maximum Gasteiger partial charge on any atom is 0.508 e. The number of carbonyl (C=O) groups excluding carboxylic acids is 3. The first-order valence-electron chi connectivity index (χ1n) is 20.4. The molecule has 0 saturated carbocycles. The Morgan fingerprint density at radius 1 is 0.966 bits per heavy atom. The van der Waals surface area contributed by atoms with Gasteiger partial charge in [0.15, 0.2) is 0 Å². The average molecular weight is 816 g/mol. The maximum absolute atomic E-state index is 13.6. The molecule has 58 heavy (non-hydrogen) atoms. The van der Waals surface area contributed by atoms with Crippen molar-refractivity contribution in [2.24, 2.45) is 23.7 Å². The third-order valence-corrected chi connectivity index (χ3v) is 12.0. The first-order valence-corrected chi connectivity index (χ1v) is 20.4. The SMILES string of the molecule is CC[C@@H](O)[C@@](C)(O)[C@@H]1OC(=O)[C@H](C)[C@@H](O)[C@H](C)[C@@H](OOC(C)CC(C(C)OC(=O)OCc2ccccc2)N(C)C(=O)OCc2ccccc2)[C@@]2(C)CC(C)C(O2)[C@@H]1C. The quantitative estimate of drug-likeness (QED) is 0.0783. The van der Waals surface area contributed by atoms with Gasteiger partial charge in [-0.15, -0.1) is 0 Å². The zero-order chi connectivity index (χ0) is 42.9. The van der Waals surface area contributed by atoms with Crippen LogP contribution in [0.4, 0.5) is 9.59 Å². The van der Waals surface area contributed by atoms with Crippen molar-refractivity contribution in [2.45, 2.75) is 155 Å². The van der Waals surface area contributed by atoms with E-state index in [9.17, 15) is 29.7 Å². The fourth-order valence-electron chi connectivity index (χ4n) is 8.46. The molecule has 2 saturated heterocycles. The molecule has 4 rings (SSSR count). The van der Waals surface area contributed by atoms with Crippen molar-refractivity contribution in [3.05, 3.63) is 71.8 Å². The maximum atomic E-state index is 13.6. The minimum atomic E-state index is -1.80. The highest BCUT2D eigenvalue weighted by molar-refractivity contribution is 5.73. The van der Waals surface area contributed by atoms with Gasteiger partial charge in [-0.25, -0.2) is 19.4 Å². The van der Waals surface area contributed by atoms with Crippen LogP contribution < -0.4 is 0 Å². The van der Waals surface area contributed by atoms with E-state index in [-0.39, 0.29) is 32.0 Å². The molecule has 14 atom stereocenters. The Morgan fingerprint density at radius 2 is 1.53 bits per heavy atom. The predicted octanol–water partition coefficient (Wildman–Crippen LogP) is 6.36. The van der Waals surface area contributed by atoms with Crippen molar-refractivity contribution in [1.29, 1.82) is 0 Å². The number of benzene rings is 2. The van der Waals surface area contributed by atoms with Crippen LogP contribution in [0.15, 0.2) is 60.7 Å². The van der Waals surface area contributed by atoms with Gasteiger partial charge in [0.05, 0.1) is 42.0 Å². The van der Waals surface area contributed by atoms with Gasteiger partial charge in [-0.2, -0.15) is 0 Å². The number of amides is 1. The molecule has 2 aromatic carbocycles. The highest BCUT2D eigenvalue weighted by Gasteiger charge is 2.57. The van der Waals surface area contributed by atoms with E-state index in [4.69, 9.17) is 33.5 Å². The van der Waals surface area contributed by atoms with Gasteiger partial charge in [0.1, 0.15) is 37.1 Å². The van der Waals surface area contributed by atoms with Crippen LogP contribution in [0.3, 0.4) is 0 Å². The largest absolute Gasteiger partial charge is 0.508 e. The number of likely N-dealkylation sites (N-methyl/N-ethyl adjacent to an activating group) is 1. The van der Waals surface area contributed by atoms with Crippen LogP contribution in [-0.2, 0) is 51.5 Å². The highest BCUT2D eigenvalue weighted by Crippen LogP contribution is 2.47. The average Bonchev–Trinajstić information content (AvgIpc) is 3.52. The van der Waals surface area contributed by atoms with Crippen LogP contribution in [0.25, 0.3) is 0 Å². The van der Waals surface area contributed by atoms with E-state index in [0.717, 1.165) is 11.1 Å². The van der Waals surface area contributed by atoms with Gasteiger partial charge in [-0.05, 0) is 64.5 Å². The molecule has 1 amide bonds. The number of aliphatic hydroxyl groups excluding tert-OH is 2. The summed E-state index contributed by atoms with van der Waals surface area (Å²) in [4.78, 5) is 53.6. The summed E-state index contributed by atoms with van der Waals surface area (Å²) in [6.45, 7) is 15.6. The molecule has 2 fully saturated rings. The van der Waals surface area contributed by atoms with Crippen LogP contribution >= 0.6 is 0 Å². The Bertz CT molecular complexity index is 1610. The van der Waals surface area contributed by atoms with Crippen molar-refractivity contribution in [3.8, 4) is 0 Å². The second-order valence-electron chi connectivity index (χ2n) is 16.8. The summed E-state index contributed by atoms with van der Waals surface area (Å²) >= 11 is 0. The molecule has 0 radical (unpaired) electrons. The van der Waals surface area contributed by atoms with Gasteiger partial charge in [0.2, 0.25) is 0 Å². The summed E-state index contributed by atoms with van der Waals surface area (Å²) in [7, 11) is 1.55.